The van der Waals surface area contributed by atoms with Crippen molar-refractivity contribution in [1.29, 1.82) is 0 Å². The molecule has 0 bridgehead atoms. The number of hydrogen-bond acceptors (Lipinski definition) is 4. The highest BCUT2D eigenvalue weighted by atomic mass is 19.1. The van der Waals surface area contributed by atoms with Crippen LogP contribution in [0.4, 0.5) is 20.3 Å². The largest absolute Gasteiger partial charge is 0.465 e. The van der Waals surface area contributed by atoms with Crippen molar-refractivity contribution in [3.63, 3.8) is 0 Å². The van der Waals surface area contributed by atoms with Crippen molar-refractivity contribution in [2.24, 2.45) is 0 Å². The summed E-state index contributed by atoms with van der Waals surface area (Å²) in [6.45, 7) is 0. The minimum atomic E-state index is -0.702. The number of halogens is 2. The first-order valence-corrected chi connectivity index (χ1v) is 5.36. The third kappa shape index (κ3) is 3.25. The molecule has 19 heavy (non-hydrogen) atoms. The second kappa shape index (κ2) is 5.43. The smallest absolute Gasteiger partial charge is 0.338 e. The summed E-state index contributed by atoms with van der Waals surface area (Å²) in [5.74, 6) is -1.64. The van der Waals surface area contributed by atoms with Crippen LogP contribution in [0.15, 0.2) is 36.5 Å². The quantitative estimate of drug-likeness (QED) is 0.866. The van der Waals surface area contributed by atoms with Crippen LogP contribution < -0.4 is 5.32 Å². The van der Waals surface area contributed by atoms with E-state index in [9.17, 15) is 13.6 Å². The zero-order valence-corrected chi connectivity index (χ0v) is 9.98. The lowest BCUT2D eigenvalue weighted by Gasteiger charge is -2.07. The molecule has 0 fully saturated rings. The van der Waals surface area contributed by atoms with Crippen LogP contribution in [0.5, 0.6) is 0 Å². The van der Waals surface area contributed by atoms with Crippen LogP contribution >= 0.6 is 0 Å². The number of rotatable bonds is 3. The molecule has 0 spiro atoms. The van der Waals surface area contributed by atoms with E-state index >= 15 is 0 Å². The Labute approximate surface area is 108 Å². The molecule has 1 aromatic carbocycles. The second-order valence-corrected chi connectivity index (χ2v) is 3.70. The minimum Gasteiger partial charge on any atom is -0.465 e. The Morgan fingerprint density at radius 1 is 1.21 bits per heavy atom. The first-order valence-electron chi connectivity index (χ1n) is 5.36. The molecule has 2 aromatic rings. The zero-order valence-electron chi connectivity index (χ0n) is 9.98. The summed E-state index contributed by atoms with van der Waals surface area (Å²) < 4.78 is 30.6. The molecule has 4 nitrogen and oxygen atoms in total. The highest BCUT2D eigenvalue weighted by Gasteiger charge is 2.07. The summed E-state index contributed by atoms with van der Waals surface area (Å²) in [6, 6.07) is 5.91. The van der Waals surface area contributed by atoms with Gasteiger partial charge in [-0.05, 0) is 24.3 Å². The Hall–Kier alpha value is -2.50. The van der Waals surface area contributed by atoms with E-state index in [-0.39, 0.29) is 17.1 Å². The number of carbonyl (C=O) groups excluding carboxylic acids is 1. The Balaban J connectivity index is 2.25. The van der Waals surface area contributed by atoms with Gasteiger partial charge in [0.05, 0.1) is 12.7 Å². The van der Waals surface area contributed by atoms with E-state index in [0.29, 0.717) is 0 Å². The summed E-state index contributed by atoms with van der Waals surface area (Å²) >= 11 is 0. The molecule has 0 atom stereocenters. The summed E-state index contributed by atoms with van der Waals surface area (Å²) in [7, 11) is 1.26. The molecule has 0 amide bonds. The van der Waals surface area contributed by atoms with E-state index in [4.69, 9.17) is 0 Å². The van der Waals surface area contributed by atoms with Gasteiger partial charge >= 0.3 is 5.97 Å². The first kappa shape index (κ1) is 12.9. The molecular weight excluding hydrogens is 254 g/mol. The van der Waals surface area contributed by atoms with Crippen molar-refractivity contribution in [1.82, 2.24) is 4.98 Å². The molecule has 0 aliphatic rings. The van der Waals surface area contributed by atoms with Gasteiger partial charge in [0.15, 0.2) is 0 Å². The van der Waals surface area contributed by atoms with Gasteiger partial charge in [0, 0.05) is 18.0 Å². The molecule has 1 N–H and O–H groups in total. The number of esters is 1. The van der Waals surface area contributed by atoms with Gasteiger partial charge in [0.2, 0.25) is 0 Å². The number of pyridine rings is 1. The van der Waals surface area contributed by atoms with E-state index in [0.717, 1.165) is 18.2 Å². The number of hydrogen-bond donors (Lipinski definition) is 1. The molecule has 2 rings (SSSR count). The average Bonchev–Trinajstić information content (AvgIpc) is 2.37. The number of aromatic nitrogens is 1. The Morgan fingerprint density at radius 2 is 1.89 bits per heavy atom. The van der Waals surface area contributed by atoms with Crippen LogP contribution in [0.1, 0.15) is 10.4 Å². The van der Waals surface area contributed by atoms with Crippen molar-refractivity contribution in [2.45, 2.75) is 0 Å². The second-order valence-electron chi connectivity index (χ2n) is 3.70. The molecule has 0 saturated carbocycles. The maximum Gasteiger partial charge on any atom is 0.338 e. The molecular formula is C13H10F2N2O2. The average molecular weight is 264 g/mol. The van der Waals surface area contributed by atoms with Crippen LogP contribution in [0.2, 0.25) is 0 Å². The molecule has 0 aliphatic heterocycles. The van der Waals surface area contributed by atoms with Crippen LogP contribution in [0.25, 0.3) is 0 Å². The maximum absolute atomic E-state index is 13.0. The molecule has 0 unspecified atom stereocenters. The SMILES string of the molecule is COC(=O)c1ccnc(Nc2cc(F)cc(F)c2)c1. The summed E-state index contributed by atoms with van der Waals surface area (Å²) in [6.07, 6.45) is 1.39. The van der Waals surface area contributed by atoms with Crippen molar-refractivity contribution in [3.05, 3.63) is 53.7 Å². The number of carbonyl (C=O) groups is 1. The van der Waals surface area contributed by atoms with E-state index < -0.39 is 17.6 Å². The van der Waals surface area contributed by atoms with Gasteiger partial charge in [-0.1, -0.05) is 0 Å². The van der Waals surface area contributed by atoms with Gasteiger partial charge in [-0.3, -0.25) is 0 Å². The highest BCUT2D eigenvalue weighted by molar-refractivity contribution is 5.90. The van der Waals surface area contributed by atoms with Crippen LogP contribution in [0.3, 0.4) is 0 Å². The molecule has 1 heterocycles. The zero-order chi connectivity index (χ0) is 13.8. The van der Waals surface area contributed by atoms with E-state index in [1.165, 1.54) is 25.4 Å². The summed E-state index contributed by atoms with van der Waals surface area (Å²) in [4.78, 5) is 15.3. The molecule has 0 aliphatic carbocycles. The molecule has 98 valence electrons. The van der Waals surface area contributed by atoms with Crippen molar-refractivity contribution < 1.29 is 18.3 Å². The van der Waals surface area contributed by atoms with Gasteiger partial charge in [0.1, 0.15) is 17.5 Å². The van der Waals surface area contributed by atoms with Gasteiger partial charge in [-0.25, -0.2) is 18.6 Å². The highest BCUT2D eigenvalue weighted by Crippen LogP contribution is 2.18. The van der Waals surface area contributed by atoms with Crippen molar-refractivity contribution >= 4 is 17.5 Å². The lowest BCUT2D eigenvalue weighted by Crippen LogP contribution is -2.03. The molecule has 1 aromatic heterocycles. The minimum absolute atomic E-state index is 0.201. The fourth-order valence-electron chi connectivity index (χ4n) is 1.52. The number of methoxy groups -OCH3 is 1. The first-order chi connectivity index (χ1) is 9.08. The normalized spacial score (nSPS) is 10.1. The summed E-state index contributed by atoms with van der Waals surface area (Å²) in [5.41, 5.74) is 0.490. The predicted octanol–water partition coefficient (Wildman–Crippen LogP) is 2.89. The Morgan fingerprint density at radius 3 is 2.53 bits per heavy atom. The van der Waals surface area contributed by atoms with Crippen molar-refractivity contribution in [3.8, 4) is 0 Å². The lowest BCUT2D eigenvalue weighted by atomic mass is 10.2. The van der Waals surface area contributed by atoms with E-state index in [1.807, 2.05) is 0 Å². The molecule has 0 saturated heterocycles. The van der Waals surface area contributed by atoms with Gasteiger partial charge in [0.25, 0.3) is 0 Å². The standard InChI is InChI=1S/C13H10F2N2O2/c1-19-13(18)8-2-3-16-12(4-8)17-11-6-9(14)5-10(15)7-11/h2-7H,1H3,(H,16,17). The third-order valence-corrected chi connectivity index (χ3v) is 2.32. The Kier molecular flexibility index (Phi) is 3.70. The fourth-order valence-corrected chi connectivity index (χ4v) is 1.52. The third-order valence-electron chi connectivity index (χ3n) is 2.32. The molecule has 0 radical (unpaired) electrons. The van der Waals surface area contributed by atoms with Crippen molar-refractivity contribution in [2.75, 3.05) is 12.4 Å². The van der Waals surface area contributed by atoms with Crippen LogP contribution in [0, 0.1) is 11.6 Å². The van der Waals surface area contributed by atoms with E-state index in [2.05, 4.69) is 15.0 Å². The molecule has 6 heteroatoms. The van der Waals surface area contributed by atoms with Gasteiger partial charge in [-0.15, -0.1) is 0 Å². The number of anilines is 2. The van der Waals surface area contributed by atoms with Gasteiger partial charge in [-0.2, -0.15) is 0 Å². The lowest BCUT2D eigenvalue weighted by molar-refractivity contribution is 0.0600. The number of benzene rings is 1. The fraction of sp³-hybridized carbons (Fsp3) is 0.0769. The predicted molar refractivity (Wildman–Crippen MR) is 65.2 cm³/mol. The number of ether oxygens (including phenoxy) is 1. The van der Waals surface area contributed by atoms with Crippen LogP contribution in [-0.4, -0.2) is 18.1 Å². The number of nitrogens with zero attached hydrogens (tertiary/aromatic N) is 1. The topological polar surface area (TPSA) is 51.2 Å². The van der Waals surface area contributed by atoms with Gasteiger partial charge < -0.3 is 10.1 Å². The maximum atomic E-state index is 13.0. The number of nitrogens with one attached hydrogen (secondary N) is 1. The van der Waals surface area contributed by atoms with Crippen LogP contribution in [-0.2, 0) is 4.74 Å². The summed E-state index contributed by atoms with van der Waals surface area (Å²) in [5, 5.41) is 2.71. The Bertz CT molecular complexity index is 597. The van der Waals surface area contributed by atoms with E-state index in [1.54, 1.807) is 0 Å². The monoisotopic (exact) mass is 264 g/mol.